The third-order valence-corrected chi connectivity index (χ3v) is 3.17. The molecule has 0 bridgehead atoms. The molecule has 1 aromatic rings. The van der Waals surface area contributed by atoms with Crippen LogP contribution in [0.2, 0.25) is 0 Å². The number of nitro groups is 1. The van der Waals surface area contributed by atoms with E-state index in [-0.39, 0.29) is 5.69 Å². The molecule has 6 nitrogen and oxygen atoms in total. The Hall–Kier alpha value is -1.82. The lowest BCUT2D eigenvalue weighted by Crippen LogP contribution is -2.29. The van der Waals surface area contributed by atoms with Gasteiger partial charge in [-0.1, -0.05) is 0 Å². The molecule has 0 aliphatic carbocycles. The number of hydrogen-bond acceptors (Lipinski definition) is 5. The molecule has 1 aromatic carbocycles. The molecule has 1 atom stereocenters. The van der Waals surface area contributed by atoms with Crippen molar-refractivity contribution in [1.29, 1.82) is 0 Å². The molecule has 0 amide bonds. The highest BCUT2D eigenvalue weighted by atomic mass is 16.6. The molecule has 0 spiro atoms. The van der Waals surface area contributed by atoms with Crippen molar-refractivity contribution in [2.75, 3.05) is 25.1 Å². The summed E-state index contributed by atoms with van der Waals surface area (Å²) in [6.45, 7) is 2.72. The molecule has 18 heavy (non-hydrogen) atoms. The molecular formula is C12H16N2O4. The molecule has 98 valence electrons. The van der Waals surface area contributed by atoms with Crippen molar-refractivity contribution in [3.8, 4) is 5.75 Å². The van der Waals surface area contributed by atoms with Gasteiger partial charge in [0.2, 0.25) is 0 Å². The van der Waals surface area contributed by atoms with Crippen LogP contribution in [0.1, 0.15) is 13.3 Å². The summed E-state index contributed by atoms with van der Waals surface area (Å²) in [5, 5.41) is 21.0. The zero-order chi connectivity index (χ0) is 13.3. The summed E-state index contributed by atoms with van der Waals surface area (Å²) in [5.41, 5.74) is -0.262. The first-order valence-corrected chi connectivity index (χ1v) is 5.73. The second-order valence-electron chi connectivity index (χ2n) is 4.78. The van der Waals surface area contributed by atoms with Crippen molar-refractivity contribution < 1.29 is 14.8 Å². The number of aliphatic hydroxyl groups is 1. The van der Waals surface area contributed by atoms with Crippen molar-refractivity contribution in [2.45, 2.75) is 18.9 Å². The highest BCUT2D eigenvalue weighted by Gasteiger charge is 2.34. The van der Waals surface area contributed by atoms with E-state index in [1.165, 1.54) is 13.2 Å². The van der Waals surface area contributed by atoms with Crippen LogP contribution in [0.5, 0.6) is 5.75 Å². The number of anilines is 1. The van der Waals surface area contributed by atoms with E-state index in [0.29, 0.717) is 30.9 Å². The molecular weight excluding hydrogens is 236 g/mol. The fourth-order valence-corrected chi connectivity index (χ4v) is 2.19. The molecule has 2 rings (SSSR count). The molecule has 0 saturated carbocycles. The van der Waals surface area contributed by atoms with Gasteiger partial charge in [-0.2, -0.15) is 0 Å². The summed E-state index contributed by atoms with van der Waals surface area (Å²) in [6.07, 6.45) is 0.599. The fourth-order valence-electron chi connectivity index (χ4n) is 2.19. The van der Waals surface area contributed by atoms with Crippen molar-refractivity contribution in [3.63, 3.8) is 0 Å². The average Bonchev–Trinajstić information content (AvgIpc) is 2.68. The van der Waals surface area contributed by atoms with Gasteiger partial charge in [-0.15, -0.1) is 0 Å². The van der Waals surface area contributed by atoms with Gasteiger partial charge in [0.15, 0.2) is 0 Å². The van der Waals surface area contributed by atoms with E-state index in [4.69, 9.17) is 4.74 Å². The lowest BCUT2D eigenvalue weighted by atomic mass is 10.1. The van der Waals surface area contributed by atoms with Crippen molar-refractivity contribution >= 4 is 11.4 Å². The smallest absolute Gasteiger partial charge is 0.292 e. The third-order valence-electron chi connectivity index (χ3n) is 3.17. The van der Waals surface area contributed by atoms with Crippen LogP contribution < -0.4 is 9.64 Å². The predicted octanol–water partition coefficient (Wildman–Crippen LogP) is 1.56. The predicted molar refractivity (Wildman–Crippen MR) is 67.1 cm³/mol. The first kappa shape index (κ1) is 12.6. The number of nitrogens with zero attached hydrogens (tertiary/aromatic N) is 2. The normalized spacial score (nSPS) is 23.2. The highest BCUT2D eigenvalue weighted by Crippen LogP contribution is 2.35. The maximum atomic E-state index is 11.0. The van der Waals surface area contributed by atoms with Gasteiger partial charge in [-0.25, -0.2) is 0 Å². The van der Waals surface area contributed by atoms with Gasteiger partial charge >= 0.3 is 0 Å². The van der Waals surface area contributed by atoms with E-state index >= 15 is 0 Å². The number of β-amino-alcohol motifs (C(OH)–C–C–N with tert-alkyl or cyclic N) is 1. The Kier molecular flexibility index (Phi) is 3.13. The van der Waals surface area contributed by atoms with E-state index in [1.807, 2.05) is 4.90 Å². The molecule has 1 aliphatic rings. The fraction of sp³-hybridized carbons (Fsp3) is 0.500. The van der Waals surface area contributed by atoms with Gasteiger partial charge in [0.05, 0.1) is 17.6 Å². The molecule has 6 heteroatoms. The number of rotatable bonds is 3. The zero-order valence-electron chi connectivity index (χ0n) is 10.4. The van der Waals surface area contributed by atoms with Gasteiger partial charge < -0.3 is 14.7 Å². The minimum atomic E-state index is -0.795. The molecule has 1 unspecified atom stereocenters. The first-order chi connectivity index (χ1) is 8.43. The lowest BCUT2D eigenvalue weighted by molar-refractivity contribution is -0.384. The van der Waals surface area contributed by atoms with Crippen LogP contribution in [0.25, 0.3) is 0 Å². The largest absolute Gasteiger partial charge is 0.497 e. The zero-order valence-corrected chi connectivity index (χ0v) is 10.4. The molecule has 1 fully saturated rings. The number of hydrogen-bond donors (Lipinski definition) is 1. The Morgan fingerprint density at radius 1 is 1.56 bits per heavy atom. The maximum absolute atomic E-state index is 11.0. The first-order valence-electron chi connectivity index (χ1n) is 5.73. The Bertz CT molecular complexity index is 473. The molecule has 1 aliphatic heterocycles. The summed E-state index contributed by atoms with van der Waals surface area (Å²) in [5.74, 6) is 0.571. The van der Waals surface area contributed by atoms with Crippen LogP contribution in [-0.4, -0.2) is 35.8 Å². The molecule has 1 heterocycles. The Morgan fingerprint density at radius 2 is 2.28 bits per heavy atom. The van der Waals surface area contributed by atoms with E-state index in [2.05, 4.69) is 0 Å². The highest BCUT2D eigenvalue weighted by molar-refractivity contribution is 5.66. The van der Waals surface area contributed by atoms with Crippen LogP contribution in [0.4, 0.5) is 11.4 Å². The summed E-state index contributed by atoms with van der Waals surface area (Å²) in [7, 11) is 1.52. The standard InChI is InChI=1S/C12H16N2O4/c1-12(15)5-6-13(8-12)11-7-9(18-2)3-4-10(11)14(16)17/h3-4,7,15H,5-6,8H2,1-2H3. The molecule has 1 saturated heterocycles. The van der Waals surface area contributed by atoms with E-state index in [0.717, 1.165) is 0 Å². The van der Waals surface area contributed by atoms with Crippen LogP contribution in [0, 0.1) is 10.1 Å². The Morgan fingerprint density at radius 3 is 2.78 bits per heavy atom. The SMILES string of the molecule is COc1ccc([N+](=O)[O-])c(N2CCC(C)(O)C2)c1. The molecule has 0 aromatic heterocycles. The van der Waals surface area contributed by atoms with E-state index in [9.17, 15) is 15.2 Å². The molecule has 0 radical (unpaired) electrons. The summed E-state index contributed by atoms with van der Waals surface area (Å²) in [4.78, 5) is 12.4. The summed E-state index contributed by atoms with van der Waals surface area (Å²) < 4.78 is 5.09. The number of nitro benzene ring substituents is 1. The van der Waals surface area contributed by atoms with Gasteiger partial charge in [-0.05, 0) is 19.4 Å². The van der Waals surface area contributed by atoms with Crippen molar-refractivity contribution in [3.05, 3.63) is 28.3 Å². The maximum Gasteiger partial charge on any atom is 0.292 e. The van der Waals surface area contributed by atoms with Gasteiger partial charge in [0.1, 0.15) is 11.4 Å². The van der Waals surface area contributed by atoms with Gasteiger partial charge in [0.25, 0.3) is 5.69 Å². The minimum Gasteiger partial charge on any atom is -0.497 e. The monoisotopic (exact) mass is 252 g/mol. The Balaban J connectivity index is 2.38. The molecule has 1 N–H and O–H groups in total. The lowest BCUT2D eigenvalue weighted by Gasteiger charge is -2.21. The van der Waals surface area contributed by atoms with Crippen LogP contribution in [0.3, 0.4) is 0 Å². The summed E-state index contributed by atoms with van der Waals surface area (Å²) in [6, 6.07) is 4.64. The van der Waals surface area contributed by atoms with Gasteiger partial charge in [-0.3, -0.25) is 10.1 Å². The topological polar surface area (TPSA) is 75.8 Å². The Labute approximate surface area is 105 Å². The van der Waals surface area contributed by atoms with Crippen LogP contribution in [-0.2, 0) is 0 Å². The minimum absolute atomic E-state index is 0.0356. The average molecular weight is 252 g/mol. The van der Waals surface area contributed by atoms with E-state index < -0.39 is 10.5 Å². The third kappa shape index (κ3) is 2.38. The van der Waals surface area contributed by atoms with E-state index in [1.54, 1.807) is 19.1 Å². The van der Waals surface area contributed by atoms with Crippen molar-refractivity contribution in [2.24, 2.45) is 0 Å². The van der Waals surface area contributed by atoms with Gasteiger partial charge in [0, 0.05) is 25.2 Å². The quantitative estimate of drug-likeness (QED) is 0.652. The second kappa shape index (κ2) is 4.45. The number of ether oxygens (including phenoxy) is 1. The van der Waals surface area contributed by atoms with Crippen LogP contribution in [0.15, 0.2) is 18.2 Å². The van der Waals surface area contributed by atoms with Crippen LogP contribution >= 0.6 is 0 Å². The number of methoxy groups -OCH3 is 1. The van der Waals surface area contributed by atoms with Crippen molar-refractivity contribution in [1.82, 2.24) is 0 Å². The number of benzene rings is 1. The summed E-state index contributed by atoms with van der Waals surface area (Å²) >= 11 is 0. The second-order valence-corrected chi connectivity index (χ2v) is 4.78.